The maximum absolute atomic E-state index is 12.5. The monoisotopic (exact) mass is 329 g/mol. The fraction of sp³-hybridized carbons (Fsp3) is 0.733. The topological polar surface area (TPSA) is 46.9 Å². The second-order valence-corrected chi connectivity index (χ2v) is 7.43. The van der Waals surface area contributed by atoms with Crippen molar-refractivity contribution in [3.63, 3.8) is 0 Å². The van der Waals surface area contributed by atoms with Gasteiger partial charge < -0.3 is 5.32 Å². The van der Waals surface area contributed by atoms with E-state index >= 15 is 0 Å². The Balaban J connectivity index is 2.16. The maximum Gasteiger partial charge on any atom is 0.291 e. The Morgan fingerprint density at radius 1 is 1.48 bits per heavy atom. The van der Waals surface area contributed by atoms with Crippen molar-refractivity contribution >= 4 is 29.1 Å². The Hall–Kier alpha value is -0.680. The molecule has 118 valence electrons. The Bertz CT molecular complexity index is 530. The van der Waals surface area contributed by atoms with E-state index in [1.54, 1.807) is 10.9 Å². The predicted molar refractivity (Wildman–Crippen MR) is 91.5 cm³/mol. The molecule has 1 N–H and O–H groups in total. The largest absolute Gasteiger partial charge is 0.378 e. The number of hydrogen-bond donors (Lipinski definition) is 1. The van der Waals surface area contributed by atoms with Gasteiger partial charge in [0.1, 0.15) is 5.69 Å². The van der Waals surface area contributed by atoms with Crippen LogP contribution in [0.25, 0.3) is 0 Å². The summed E-state index contributed by atoms with van der Waals surface area (Å²) in [6.45, 7) is 5.81. The van der Waals surface area contributed by atoms with Gasteiger partial charge in [0.15, 0.2) is 0 Å². The highest BCUT2D eigenvalue weighted by atomic mass is 35.5. The van der Waals surface area contributed by atoms with E-state index in [1.807, 2.05) is 11.8 Å². The third-order valence-electron chi connectivity index (χ3n) is 4.43. The second kappa shape index (κ2) is 7.05. The Kier molecular flexibility index (Phi) is 5.60. The maximum atomic E-state index is 12.5. The number of aromatic nitrogens is 2. The van der Waals surface area contributed by atoms with Crippen LogP contribution in [0.2, 0.25) is 5.02 Å². The lowest BCUT2D eigenvalue weighted by Gasteiger charge is -2.30. The molecule has 0 amide bonds. The minimum absolute atomic E-state index is 0.100. The molecule has 0 spiro atoms. The molecule has 0 atom stereocenters. The molecule has 1 aromatic rings. The lowest BCUT2D eigenvalue weighted by Crippen LogP contribution is -2.35. The van der Waals surface area contributed by atoms with Crippen LogP contribution in [-0.2, 0) is 6.54 Å². The summed E-state index contributed by atoms with van der Waals surface area (Å²) in [5.41, 5.74) is 0.393. The molecule has 1 fully saturated rings. The molecule has 21 heavy (non-hydrogen) atoms. The summed E-state index contributed by atoms with van der Waals surface area (Å²) in [5.74, 6) is 0.612. The van der Waals surface area contributed by atoms with Gasteiger partial charge in [-0.1, -0.05) is 25.4 Å². The highest BCUT2D eigenvalue weighted by molar-refractivity contribution is 8.00. The first-order valence-corrected chi connectivity index (χ1v) is 9.20. The number of hydrogen-bond acceptors (Lipinski definition) is 4. The average molecular weight is 330 g/mol. The van der Waals surface area contributed by atoms with Crippen LogP contribution in [0.4, 0.5) is 5.69 Å². The van der Waals surface area contributed by atoms with Crippen LogP contribution in [0.5, 0.6) is 0 Å². The predicted octanol–water partition coefficient (Wildman–Crippen LogP) is 3.64. The molecule has 6 heteroatoms. The van der Waals surface area contributed by atoms with E-state index in [2.05, 4.69) is 30.5 Å². The minimum Gasteiger partial charge on any atom is -0.378 e. The van der Waals surface area contributed by atoms with E-state index in [0.717, 1.165) is 19.4 Å². The molecule has 0 aromatic carbocycles. The van der Waals surface area contributed by atoms with Gasteiger partial charge in [-0.3, -0.25) is 4.79 Å². The van der Waals surface area contributed by atoms with E-state index in [4.69, 9.17) is 11.6 Å². The van der Waals surface area contributed by atoms with Gasteiger partial charge in [0.05, 0.1) is 11.2 Å². The van der Waals surface area contributed by atoms with Crippen LogP contribution in [0, 0.1) is 5.92 Å². The summed E-state index contributed by atoms with van der Waals surface area (Å²) in [6, 6.07) is 0. The molecular formula is C15H24ClN3OS. The van der Waals surface area contributed by atoms with Crippen LogP contribution in [0.15, 0.2) is 11.0 Å². The van der Waals surface area contributed by atoms with Crippen molar-refractivity contribution in [2.75, 3.05) is 18.1 Å². The average Bonchev–Trinajstić information content (AvgIpc) is 3.31. The first-order valence-electron chi connectivity index (χ1n) is 7.60. The molecule has 0 aliphatic heterocycles. The molecule has 1 aliphatic rings. The highest BCUT2D eigenvalue weighted by Gasteiger charge is 2.26. The molecule has 0 unspecified atom stereocenters. The normalized spacial score (nSPS) is 15.2. The summed E-state index contributed by atoms with van der Waals surface area (Å²) in [7, 11) is 0. The summed E-state index contributed by atoms with van der Waals surface area (Å²) >= 11 is 8.01. The van der Waals surface area contributed by atoms with Crippen molar-refractivity contribution in [1.29, 1.82) is 0 Å². The first-order chi connectivity index (χ1) is 10.0. The first kappa shape index (κ1) is 16.7. The number of thioether (sulfide) groups is 1. The summed E-state index contributed by atoms with van der Waals surface area (Å²) < 4.78 is 1.69. The lowest BCUT2D eigenvalue weighted by molar-refractivity contribution is 0.532. The van der Waals surface area contributed by atoms with Gasteiger partial charge >= 0.3 is 0 Å². The standard InChI is InChI=1S/C15H24ClN3OS/c1-4-15(5-2,21-3)10-17-13-12(16)8-18-19(14(13)20)9-11-6-7-11/h8,11,17H,4-7,9-10H2,1-3H3. The molecular weight excluding hydrogens is 306 g/mol. The van der Waals surface area contributed by atoms with Gasteiger partial charge in [0, 0.05) is 17.8 Å². The third kappa shape index (κ3) is 3.95. The van der Waals surface area contributed by atoms with Crippen LogP contribution in [-0.4, -0.2) is 27.3 Å². The van der Waals surface area contributed by atoms with Crippen molar-refractivity contribution in [2.45, 2.75) is 50.8 Å². The number of halogens is 1. The van der Waals surface area contributed by atoms with E-state index in [0.29, 0.717) is 23.2 Å². The highest BCUT2D eigenvalue weighted by Crippen LogP contribution is 2.32. The zero-order valence-electron chi connectivity index (χ0n) is 13.0. The van der Waals surface area contributed by atoms with Crippen LogP contribution < -0.4 is 10.9 Å². The minimum atomic E-state index is -0.100. The van der Waals surface area contributed by atoms with Crippen molar-refractivity contribution in [3.8, 4) is 0 Å². The Labute approximate surface area is 135 Å². The lowest BCUT2D eigenvalue weighted by atomic mass is 10.0. The Morgan fingerprint density at radius 3 is 2.67 bits per heavy atom. The van der Waals surface area contributed by atoms with Gasteiger partial charge in [0.2, 0.25) is 0 Å². The van der Waals surface area contributed by atoms with Crippen molar-refractivity contribution in [2.24, 2.45) is 5.92 Å². The quantitative estimate of drug-likeness (QED) is 0.791. The number of rotatable bonds is 8. The number of nitrogens with one attached hydrogen (secondary N) is 1. The van der Waals surface area contributed by atoms with Crippen molar-refractivity contribution in [1.82, 2.24) is 9.78 Å². The van der Waals surface area contributed by atoms with Gasteiger partial charge in [-0.25, -0.2) is 4.68 Å². The van der Waals surface area contributed by atoms with E-state index < -0.39 is 0 Å². The molecule has 1 aromatic heterocycles. The van der Waals surface area contributed by atoms with Crippen LogP contribution >= 0.6 is 23.4 Å². The third-order valence-corrected chi connectivity index (χ3v) is 6.31. The summed E-state index contributed by atoms with van der Waals surface area (Å²) in [6.07, 6.45) is 8.19. The van der Waals surface area contributed by atoms with Gasteiger partial charge in [-0.15, -0.1) is 0 Å². The fourth-order valence-electron chi connectivity index (χ4n) is 2.41. The van der Waals surface area contributed by atoms with Crippen LogP contribution in [0.1, 0.15) is 39.5 Å². The molecule has 0 saturated heterocycles. The van der Waals surface area contributed by atoms with Crippen molar-refractivity contribution in [3.05, 3.63) is 21.6 Å². The van der Waals surface area contributed by atoms with Gasteiger partial charge in [-0.05, 0) is 37.9 Å². The molecule has 1 heterocycles. The summed E-state index contributed by atoms with van der Waals surface area (Å²) in [5, 5.41) is 7.84. The smallest absolute Gasteiger partial charge is 0.291 e. The summed E-state index contributed by atoms with van der Waals surface area (Å²) in [4.78, 5) is 12.5. The van der Waals surface area contributed by atoms with Crippen LogP contribution in [0.3, 0.4) is 0 Å². The zero-order valence-corrected chi connectivity index (χ0v) is 14.6. The molecule has 4 nitrogen and oxygen atoms in total. The molecule has 0 bridgehead atoms. The second-order valence-electron chi connectivity index (χ2n) is 5.75. The van der Waals surface area contributed by atoms with E-state index in [-0.39, 0.29) is 10.3 Å². The van der Waals surface area contributed by atoms with E-state index in [9.17, 15) is 4.79 Å². The SMILES string of the molecule is CCC(CC)(CNc1c(Cl)cnn(CC2CC2)c1=O)SC. The number of anilines is 1. The zero-order chi connectivity index (χ0) is 15.5. The van der Waals surface area contributed by atoms with Gasteiger partial charge in [-0.2, -0.15) is 16.9 Å². The fourth-order valence-corrected chi connectivity index (χ4v) is 3.40. The number of nitrogens with zero attached hydrogens (tertiary/aromatic N) is 2. The molecule has 2 rings (SSSR count). The van der Waals surface area contributed by atoms with Crippen molar-refractivity contribution < 1.29 is 0 Å². The Morgan fingerprint density at radius 2 is 2.14 bits per heavy atom. The molecule has 0 radical (unpaired) electrons. The van der Waals surface area contributed by atoms with E-state index in [1.165, 1.54) is 12.8 Å². The van der Waals surface area contributed by atoms with Gasteiger partial charge in [0.25, 0.3) is 5.56 Å². The molecule has 1 saturated carbocycles. The molecule has 1 aliphatic carbocycles.